The summed E-state index contributed by atoms with van der Waals surface area (Å²) in [6.45, 7) is 2.13. The van der Waals surface area contributed by atoms with Gasteiger partial charge >= 0.3 is 5.97 Å². The van der Waals surface area contributed by atoms with Crippen molar-refractivity contribution < 1.29 is 29.3 Å². The molecule has 3 N–H and O–H groups in total. The Bertz CT molecular complexity index is 808. The number of unbranched alkanes of at least 4 members (excludes halogenated alkanes) is 3. The van der Waals surface area contributed by atoms with Gasteiger partial charge in [-0.1, -0.05) is 44.4 Å². The van der Waals surface area contributed by atoms with Crippen molar-refractivity contribution >= 4 is 11.9 Å². The molecule has 176 valence electrons. The number of carbonyl (C=O) groups is 2. The number of benzene rings is 1. The molecular weight excluding hydrogens is 410 g/mol. The maximum absolute atomic E-state index is 12.9. The molecular formula is C25H35NO6. The summed E-state index contributed by atoms with van der Waals surface area (Å²) in [4.78, 5) is 24.8. The lowest BCUT2D eigenvalue weighted by atomic mass is 9.91. The van der Waals surface area contributed by atoms with Gasteiger partial charge in [-0.25, -0.2) is 4.79 Å². The van der Waals surface area contributed by atoms with Gasteiger partial charge in [-0.05, 0) is 43.5 Å². The first-order valence-electron chi connectivity index (χ1n) is 11.8. The number of cyclic esters (lactones) is 1. The maximum Gasteiger partial charge on any atom is 0.342 e. The van der Waals surface area contributed by atoms with E-state index >= 15 is 0 Å². The average molecular weight is 446 g/mol. The van der Waals surface area contributed by atoms with Gasteiger partial charge in [-0.15, -0.1) is 0 Å². The minimum absolute atomic E-state index is 0.0271. The molecule has 1 aromatic carbocycles. The fourth-order valence-corrected chi connectivity index (χ4v) is 4.46. The number of amides is 1. The molecule has 0 spiro atoms. The highest BCUT2D eigenvalue weighted by Crippen LogP contribution is 2.32. The van der Waals surface area contributed by atoms with Gasteiger partial charge in [0.2, 0.25) is 5.91 Å². The Kier molecular flexibility index (Phi) is 9.11. The van der Waals surface area contributed by atoms with Crippen LogP contribution in [0.15, 0.2) is 30.5 Å². The number of carbonyl (C=O) groups excluding carboxylic acids is 2. The van der Waals surface area contributed by atoms with Gasteiger partial charge in [0.1, 0.15) is 17.4 Å². The average Bonchev–Trinajstić information content (AvgIpc) is 2.73. The topological polar surface area (TPSA) is 105 Å². The zero-order valence-corrected chi connectivity index (χ0v) is 18.8. The second-order valence-corrected chi connectivity index (χ2v) is 8.80. The van der Waals surface area contributed by atoms with E-state index in [9.17, 15) is 19.8 Å². The van der Waals surface area contributed by atoms with E-state index in [0.29, 0.717) is 44.1 Å². The number of fused-ring (bicyclic) bond motifs is 3. The fraction of sp³-hybridized carbons (Fsp3) is 0.600. The third-order valence-corrected chi connectivity index (χ3v) is 6.05. The quantitative estimate of drug-likeness (QED) is 0.416. The Morgan fingerprint density at radius 3 is 2.81 bits per heavy atom. The van der Waals surface area contributed by atoms with E-state index in [-0.39, 0.29) is 29.4 Å². The molecule has 1 amide bonds. The zero-order chi connectivity index (χ0) is 22.9. The minimum atomic E-state index is -0.558. The summed E-state index contributed by atoms with van der Waals surface area (Å²) >= 11 is 0. The predicted molar refractivity (Wildman–Crippen MR) is 120 cm³/mol. The molecule has 0 aromatic heterocycles. The number of aromatic hydroxyl groups is 1. The van der Waals surface area contributed by atoms with E-state index in [1.54, 1.807) is 24.4 Å². The Hall–Kier alpha value is -2.38. The summed E-state index contributed by atoms with van der Waals surface area (Å²) in [6, 6.07) is 4.94. The molecule has 7 heteroatoms. The number of esters is 1. The first-order chi connectivity index (χ1) is 15.5. The summed E-state index contributed by atoms with van der Waals surface area (Å²) in [5.74, 6) is -0.705. The van der Waals surface area contributed by atoms with Crippen LogP contribution in [0.2, 0.25) is 0 Å². The van der Waals surface area contributed by atoms with Gasteiger partial charge < -0.3 is 25.0 Å². The van der Waals surface area contributed by atoms with Gasteiger partial charge in [0, 0.05) is 19.3 Å². The van der Waals surface area contributed by atoms with Gasteiger partial charge in [-0.3, -0.25) is 4.79 Å². The number of rotatable bonds is 8. The largest absolute Gasteiger partial charge is 0.507 e. The molecule has 0 saturated carbocycles. The van der Waals surface area contributed by atoms with Crippen LogP contribution in [0.25, 0.3) is 0 Å². The summed E-state index contributed by atoms with van der Waals surface area (Å²) in [6.07, 6.45) is 8.90. The predicted octanol–water partition coefficient (Wildman–Crippen LogP) is 3.76. The van der Waals surface area contributed by atoms with Crippen LogP contribution >= 0.6 is 0 Å². The lowest BCUT2D eigenvalue weighted by Gasteiger charge is -2.36. The van der Waals surface area contributed by atoms with Crippen LogP contribution < -0.4 is 5.32 Å². The first kappa shape index (κ1) is 24.3. The Morgan fingerprint density at radius 2 is 2.00 bits per heavy atom. The molecule has 2 heterocycles. The molecule has 0 radical (unpaired) electrons. The van der Waals surface area contributed by atoms with Gasteiger partial charge in [0.25, 0.3) is 0 Å². The highest BCUT2D eigenvalue weighted by Gasteiger charge is 2.34. The van der Waals surface area contributed by atoms with Gasteiger partial charge in [0.05, 0.1) is 18.3 Å². The molecule has 1 aromatic rings. The summed E-state index contributed by atoms with van der Waals surface area (Å²) in [5, 5.41) is 23.4. The highest BCUT2D eigenvalue weighted by molar-refractivity contribution is 5.94. The number of hydrogen-bond acceptors (Lipinski definition) is 6. The van der Waals surface area contributed by atoms with Crippen LogP contribution in [-0.2, 0) is 20.7 Å². The lowest BCUT2D eigenvalue weighted by molar-refractivity contribution is -0.120. The van der Waals surface area contributed by atoms with Crippen molar-refractivity contribution in [3.05, 3.63) is 41.6 Å². The van der Waals surface area contributed by atoms with Gasteiger partial charge in [-0.2, -0.15) is 0 Å². The summed E-state index contributed by atoms with van der Waals surface area (Å²) in [7, 11) is 0. The number of ether oxygens (including phenoxy) is 2. The first-order valence-corrected chi connectivity index (χ1v) is 11.8. The van der Waals surface area contributed by atoms with Crippen LogP contribution in [0.3, 0.4) is 0 Å². The molecule has 1 fully saturated rings. The van der Waals surface area contributed by atoms with Crippen LogP contribution in [0.4, 0.5) is 0 Å². The van der Waals surface area contributed by atoms with Crippen LogP contribution in [0.5, 0.6) is 5.75 Å². The highest BCUT2D eigenvalue weighted by atomic mass is 16.5. The third kappa shape index (κ3) is 7.07. The molecule has 2 bridgehead atoms. The van der Waals surface area contributed by atoms with E-state index in [4.69, 9.17) is 9.47 Å². The molecule has 2 aliphatic rings. The van der Waals surface area contributed by atoms with E-state index in [2.05, 4.69) is 12.2 Å². The van der Waals surface area contributed by atoms with Crippen molar-refractivity contribution in [3.8, 4) is 5.75 Å². The summed E-state index contributed by atoms with van der Waals surface area (Å²) < 4.78 is 11.9. The molecule has 4 atom stereocenters. The Morgan fingerprint density at radius 1 is 1.19 bits per heavy atom. The van der Waals surface area contributed by atoms with Crippen LogP contribution in [0, 0.1) is 0 Å². The Balaban J connectivity index is 1.65. The molecule has 0 aliphatic carbocycles. The molecule has 1 saturated heterocycles. The number of aliphatic hydroxyl groups is 1. The Labute approximate surface area is 189 Å². The van der Waals surface area contributed by atoms with Crippen molar-refractivity contribution in [1.82, 2.24) is 5.32 Å². The maximum atomic E-state index is 12.9. The molecule has 3 rings (SSSR count). The zero-order valence-electron chi connectivity index (χ0n) is 18.8. The number of phenols is 1. The van der Waals surface area contributed by atoms with Crippen molar-refractivity contribution in [3.63, 3.8) is 0 Å². The SMILES string of the molecule is CCCCCCC(=O)N/C=C/C[C@H]1C[C@H]2C[C@@H](O)C[C@H](Cc3cccc(O)c3C(=O)O1)O2. The van der Waals surface area contributed by atoms with Crippen LogP contribution in [-0.4, -0.2) is 46.5 Å². The second-order valence-electron chi connectivity index (χ2n) is 8.80. The van der Waals surface area contributed by atoms with E-state index < -0.39 is 18.2 Å². The van der Waals surface area contributed by atoms with E-state index in [1.165, 1.54) is 6.07 Å². The smallest absolute Gasteiger partial charge is 0.342 e. The minimum Gasteiger partial charge on any atom is -0.507 e. The van der Waals surface area contributed by atoms with Crippen molar-refractivity contribution in [2.45, 2.75) is 95.5 Å². The normalized spacial score (nSPS) is 25.8. The van der Waals surface area contributed by atoms with Crippen molar-refractivity contribution in [2.24, 2.45) is 0 Å². The number of phenolic OH excluding ortho intramolecular Hbond substituents is 1. The molecule has 7 nitrogen and oxygen atoms in total. The molecule has 2 aliphatic heterocycles. The standard InChI is InChI=1S/C25H35NO6/c1-2-3-4-5-11-23(29)26-12-7-9-19-16-21-15-18(27)14-20(31-21)13-17-8-6-10-22(28)24(17)25(30)32-19/h6-8,10,12,18-21,27-28H,2-5,9,11,13-16H2,1H3,(H,26,29)/b12-7+/t18-,19-,20-,21+/m0/s1. The number of aliphatic hydroxyl groups excluding tert-OH is 1. The lowest BCUT2D eigenvalue weighted by Crippen LogP contribution is -2.40. The second kappa shape index (κ2) is 12.0. The molecule has 0 unspecified atom stereocenters. The van der Waals surface area contributed by atoms with Crippen LogP contribution in [0.1, 0.15) is 80.6 Å². The van der Waals surface area contributed by atoms with E-state index in [1.807, 2.05) is 0 Å². The molecule has 32 heavy (non-hydrogen) atoms. The van der Waals surface area contributed by atoms with Gasteiger partial charge in [0.15, 0.2) is 0 Å². The fourth-order valence-electron chi connectivity index (χ4n) is 4.46. The number of nitrogens with one attached hydrogen (secondary N) is 1. The monoisotopic (exact) mass is 445 g/mol. The van der Waals surface area contributed by atoms with E-state index in [0.717, 1.165) is 25.7 Å². The number of hydrogen-bond donors (Lipinski definition) is 3. The third-order valence-electron chi connectivity index (χ3n) is 6.05. The van der Waals surface area contributed by atoms with Crippen molar-refractivity contribution in [2.75, 3.05) is 0 Å². The van der Waals surface area contributed by atoms with Crippen molar-refractivity contribution in [1.29, 1.82) is 0 Å². The summed E-state index contributed by atoms with van der Waals surface area (Å²) in [5.41, 5.74) is 0.809.